The maximum absolute atomic E-state index is 5.98. The lowest BCUT2D eigenvalue weighted by Gasteiger charge is -2.19. The van der Waals surface area contributed by atoms with E-state index in [2.05, 4.69) is 4.98 Å². The molecule has 0 fully saturated rings. The van der Waals surface area contributed by atoms with Gasteiger partial charge in [0.1, 0.15) is 0 Å². The summed E-state index contributed by atoms with van der Waals surface area (Å²) in [5.41, 5.74) is 2.08. The van der Waals surface area contributed by atoms with Crippen LogP contribution in [0.4, 0.5) is 0 Å². The summed E-state index contributed by atoms with van der Waals surface area (Å²) < 4.78 is 5.21. The van der Waals surface area contributed by atoms with E-state index >= 15 is 0 Å². The van der Waals surface area contributed by atoms with Gasteiger partial charge in [-0.2, -0.15) is 0 Å². The molecule has 1 aliphatic rings. The molecule has 0 radical (unpaired) electrons. The molecule has 0 spiro atoms. The van der Waals surface area contributed by atoms with Crippen molar-refractivity contribution in [3.8, 4) is 0 Å². The first kappa shape index (κ1) is 7.07. The summed E-state index contributed by atoms with van der Waals surface area (Å²) in [6, 6.07) is 3.90. The standard InChI is InChI=1S/C8H8ClNO/c9-7-4-11-5-8-6(7)2-1-3-10-8/h1-3,7H,4-5H2. The zero-order valence-corrected chi connectivity index (χ0v) is 6.71. The van der Waals surface area contributed by atoms with Crippen LogP contribution in [-0.4, -0.2) is 11.6 Å². The van der Waals surface area contributed by atoms with Gasteiger partial charge in [-0.15, -0.1) is 11.6 Å². The zero-order chi connectivity index (χ0) is 7.68. The first-order valence-electron chi connectivity index (χ1n) is 3.53. The number of fused-ring (bicyclic) bond motifs is 1. The van der Waals surface area contributed by atoms with Crippen LogP contribution >= 0.6 is 11.6 Å². The molecule has 2 rings (SSSR count). The Labute approximate surface area is 70.2 Å². The average Bonchev–Trinajstić information content (AvgIpc) is 2.06. The van der Waals surface area contributed by atoms with Gasteiger partial charge in [-0.05, 0) is 11.6 Å². The number of hydrogen-bond acceptors (Lipinski definition) is 2. The molecule has 58 valence electrons. The normalized spacial score (nSPS) is 22.8. The number of rotatable bonds is 0. The highest BCUT2D eigenvalue weighted by atomic mass is 35.5. The van der Waals surface area contributed by atoms with Gasteiger partial charge >= 0.3 is 0 Å². The second-order valence-corrected chi connectivity index (χ2v) is 3.05. The Balaban J connectivity index is 2.44. The van der Waals surface area contributed by atoms with Gasteiger partial charge in [0.25, 0.3) is 0 Å². The van der Waals surface area contributed by atoms with E-state index in [9.17, 15) is 0 Å². The van der Waals surface area contributed by atoms with Crippen LogP contribution in [0.1, 0.15) is 16.6 Å². The molecule has 11 heavy (non-hydrogen) atoms. The van der Waals surface area contributed by atoms with Crippen LogP contribution < -0.4 is 0 Å². The Morgan fingerprint density at radius 1 is 1.64 bits per heavy atom. The second-order valence-electron chi connectivity index (χ2n) is 2.52. The fourth-order valence-corrected chi connectivity index (χ4v) is 1.49. The number of ether oxygens (including phenoxy) is 1. The largest absolute Gasteiger partial charge is 0.373 e. The molecule has 2 heterocycles. The monoisotopic (exact) mass is 169 g/mol. The van der Waals surface area contributed by atoms with Gasteiger partial charge in [-0.1, -0.05) is 6.07 Å². The zero-order valence-electron chi connectivity index (χ0n) is 5.96. The summed E-state index contributed by atoms with van der Waals surface area (Å²) in [5, 5.41) is -0.0209. The summed E-state index contributed by atoms with van der Waals surface area (Å²) in [4.78, 5) is 4.16. The van der Waals surface area contributed by atoms with Crippen LogP contribution in [0, 0.1) is 0 Å². The van der Waals surface area contributed by atoms with Gasteiger partial charge in [0.2, 0.25) is 0 Å². The highest BCUT2D eigenvalue weighted by Gasteiger charge is 2.18. The van der Waals surface area contributed by atoms with Crippen molar-refractivity contribution in [3.63, 3.8) is 0 Å². The molecule has 0 N–H and O–H groups in total. The molecule has 0 saturated carbocycles. The number of hydrogen-bond donors (Lipinski definition) is 0. The minimum absolute atomic E-state index is 0.0209. The maximum atomic E-state index is 5.98. The molecule has 0 saturated heterocycles. The fourth-order valence-electron chi connectivity index (χ4n) is 1.21. The van der Waals surface area contributed by atoms with Gasteiger partial charge in [-0.25, -0.2) is 0 Å². The number of pyridine rings is 1. The van der Waals surface area contributed by atoms with E-state index in [-0.39, 0.29) is 5.38 Å². The Bertz CT molecular complexity index is 264. The number of alkyl halides is 1. The van der Waals surface area contributed by atoms with Crippen LogP contribution in [-0.2, 0) is 11.3 Å². The van der Waals surface area contributed by atoms with Gasteiger partial charge < -0.3 is 4.74 Å². The maximum Gasteiger partial charge on any atom is 0.0892 e. The third kappa shape index (κ3) is 1.24. The Morgan fingerprint density at radius 2 is 2.55 bits per heavy atom. The highest BCUT2D eigenvalue weighted by molar-refractivity contribution is 6.21. The van der Waals surface area contributed by atoms with Crippen molar-refractivity contribution in [2.24, 2.45) is 0 Å². The van der Waals surface area contributed by atoms with E-state index in [0.717, 1.165) is 11.3 Å². The summed E-state index contributed by atoms with van der Waals surface area (Å²) in [7, 11) is 0. The highest BCUT2D eigenvalue weighted by Crippen LogP contribution is 2.27. The first-order valence-corrected chi connectivity index (χ1v) is 3.97. The third-order valence-corrected chi connectivity index (χ3v) is 2.13. The van der Waals surface area contributed by atoms with Crippen molar-refractivity contribution < 1.29 is 4.74 Å². The van der Waals surface area contributed by atoms with E-state index in [1.807, 2.05) is 12.1 Å². The van der Waals surface area contributed by atoms with Crippen molar-refractivity contribution >= 4 is 11.6 Å². The quantitative estimate of drug-likeness (QED) is 0.554. The van der Waals surface area contributed by atoms with E-state index in [4.69, 9.17) is 16.3 Å². The SMILES string of the molecule is ClC1COCc2ncccc21. The Hall–Kier alpha value is -0.600. The molecule has 1 aromatic heterocycles. The summed E-state index contributed by atoms with van der Waals surface area (Å²) in [5.74, 6) is 0. The van der Waals surface area contributed by atoms with E-state index in [0.29, 0.717) is 13.2 Å². The molecule has 1 aromatic rings. The summed E-state index contributed by atoms with van der Waals surface area (Å²) in [6.45, 7) is 1.19. The third-order valence-electron chi connectivity index (χ3n) is 1.77. The second kappa shape index (κ2) is 2.80. The molecule has 0 aliphatic carbocycles. The van der Waals surface area contributed by atoms with E-state index < -0.39 is 0 Å². The molecule has 2 nitrogen and oxygen atoms in total. The van der Waals surface area contributed by atoms with Gasteiger partial charge in [-0.3, -0.25) is 4.98 Å². The molecule has 0 aromatic carbocycles. The van der Waals surface area contributed by atoms with Crippen molar-refractivity contribution in [2.45, 2.75) is 12.0 Å². The lowest BCUT2D eigenvalue weighted by atomic mass is 10.1. The van der Waals surface area contributed by atoms with Crippen molar-refractivity contribution in [2.75, 3.05) is 6.61 Å². The van der Waals surface area contributed by atoms with Crippen molar-refractivity contribution in [1.82, 2.24) is 4.98 Å². The fraction of sp³-hybridized carbons (Fsp3) is 0.375. The van der Waals surface area contributed by atoms with Crippen LogP contribution in [0.5, 0.6) is 0 Å². The Kier molecular flexibility index (Phi) is 1.80. The minimum Gasteiger partial charge on any atom is -0.373 e. The molecule has 1 unspecified atom stereocenters. The van der Waals surface area contributed by atoms with Crippen LogP contribution in [0.15, 0.2) is 18.3 Å². The number of aromatic nitrogens is 1. The molecular weight excluding hydrogens is 162 g/mol. The summed E-state index contributed by atoms with van der Waals surface area (Å²) in [6.07, 6.45) is 1.76. The number of halogens is 1. The summed E-state index contributed by atoms with van der Waals surface area (Å²) >= 11 is 5.98. The predicted octanol–water partition coefficient (Wildman–Crippen LogP) is 1.89. The van der Waals surface area contributed by atoms with Gasteiger partial charge in [0, 0.05) is 6.20 Å². The Morgan fingerprint density at radius 3 is 3.36 bits per heavy atom. The first-order chi connectivity index (χ1) is 5.38. The lowest BCUT2D eigenvalue weighted by Crippen LogP contribution is -2.13. The van der Waals surface area contributed by atoms with E-state index in [1.165, 1.54) is 0 Å². The van der Waals surface area contributed by atoms with Gasteiger partial charge in [0.15, 0.2) is 0 Å². The lowest BCUT2D eigenvalue weighted by molar-refractivity contribution is 0.104. The molecule has 0 bridgehead atoms. The smallest absolute Gasteiger partial charge is 0.0892 e. The topological polar surface area (TPSA) is 22.1 Å². The van der Waals surface area contributed by atoms with Crippen LogP contribution in [0.25, 0.3) is 0 Å². The van der Waals surface area contributed by atoms with Gasteiger partial charge in [0.05, 0.1) is 24.3 Å². The van der Waals surface area contributed by atoms with Crippen LogP contribution in [0.3, 0.4) is 0 Å². The minimum atomic E-state index is -0.0209. The molecule has 0 amide bonds. The molecule has 1 aliphatic heterocycles. The molecular formula is C8H8ClNO. The molecule has 3 heteroatoms. The molecule has 1 atom stereocenters. The van der Waals surface area contributed by atoms with Crippen LogP contribution in [0.2, 0.25) is 0 Å². The van der Waals surface area contributed by atoms with Crippen molar-refractivity contribution in [1.29, 1.82) is 0 Å². The van der Waals surface area contributed by atoms with Crippen molar-refractivity contribution in [3.05, 3.63) is 29.6 Å². The number of nitrogens with zero attached hydrogens (tertiary/aromatic N) is 1. The van der Waals surface area contributed by atoms with E-state index in [1.54, 1.807) is 6.20 Å². The predicted molar refractivity (Wildman–Crippen MR) is 42.5 cm³/mol. The average molecular weight is 170 g/mol.